The summed E-state index contributed by atoms with van der Waals surface area (Å²) in [6.07, 6.45) is 1.68. The van der Waals surface area contributed by atoms with E-state index in [4.69, 9.17) is 27.9 Å². The summed E-state index contributed by atoms with van der Waals surface area (Å²) in [6, 6.07) is 12.2. The van der Waals surface area contributed by atoms with Gasteiger partial charge in [0, 0.05) is 34.7 Å². The van der Waals surface area contributed by atoms with Crippen molar-refractivity contribution in [3.8, 4) is 5.75 Å². The van der Waals surface area contributed by atoms with Crippen molar-refractivity contribution in [3.05, 3.63) is 64.4 Å². The summed E-state index contributed by atoms with van der Waals surface area (Å²) in [5.41, 5.74) is 1.49. The Hall–Kier alpha value is -2.83. The van der Waals surface area contributed by atoms with Crippen LogP contribution in [-0.2, 0) is 16.1 Å². The molecule has 1 heterocycles. The number of benzene rings is 2. The van der Waals surface area contributed by atoms with Gasteiger partial charge in [-0.25, -0.2) is 0 Å². The van der Waals surface area contributed by atoms with Crippen LogP contribution in [0.5, 0.6) is 5.75 Å². The number of pyridine rings is 1. The summed E-state index contributed by atoms with van der Waals surface area (Å²) < 4.78 is 5.03. The second-order valence-electron chi connectivity index (χ2n) is 6.06. The number of rotatable bonds is 7. The minimum atomic E-state index is -0.167. The number of anilines is 1. The Morgan fingerprint density at radius 2 is 2.07 bits per heavy atom. The number of nitrogens with one attached hydrogen (secondary N) is 1. The predicted octanol–water partition coefficient (Wildman–Crippen LogP) is 3.83. The van der Waals surface area contributed by atoms with Crippen LogP contribution < -0.4 is 15.0 Å². The molecule has 0 aliphatic heterocycles. The number of aromatic nitrogens is 1. The molecule has 0 aliphatic carbocycles. The Balaban J connectivity index is 1.83. The smallest absolute Gasteiger partial charge is 0.298 e. The molecule has 0 spiro atoms. The van der Waals surface area contributed by atoms with Gasteiger partial charge in [-0.2, -0.15) is 0 Å². The summed E-state index contributed by atoms with van der Waals surface area (Å²) in [5.74, 6) is 0.172. The molecule has 28 heavy (non-hydrogen) atoms. The van der Waals surface area contributed by atoms with Gasteiger partial charge >= 0.3 is 0 Å². The molecule has 0 bridgehead atoms. The number of likely N-dealkylation sites (N-methyl/N-ethyl adjacent to an activating group) is 1. The predicted molar refractivity (Wildman–Crippen MR) is 110 cm³/mol. The van der Waals surface area contributed by atoms with Crippen LogP contribution in [0.15, 0.2) is 48.7 Å². The first-order chi connectivity index (χ1) is 13.5. The fourth-order valence-electron chi connectivity index (χ4n) is 2.88. The van der Waals surface area contributed by atoms with Gasteiger partial charge in [0.15, 0.2) is 0 Å². The van der Waals surface area contributed by atoms with Gasteiger partial charge < -0.3 is 15.0 Å². The highest BCUT2D eigenvalue weighted by Crippen LogP contribution is 2.39. The molecule has 3 aromatic rings. The van der Waals surface area contributed by atoms with Gasteiger partial charge in [0.1, 0.15) is 5.75 Å². The third kappa shape index (κ3) is 4.52. The summed E-state index contributed by atoms with van der Waals surface area (Å²) in [6.45, 7) is 0.795. The molecule has 1 aromatic heterocycles. The van der Waals surface area contributed by atoms with Crippen LogP contribution >= 0.6 is 23.2 Å². The lowest BCUT2D eigenvalue weighted by Gasteiger charge is -2.22. The van der Waals surface area contributed by atoms with Crippen molar-refractivity contribution in [2.75, 3.05) is 18.5 Å². The van der Waals surface area contributed by atoms with Gasteiger partial charge in [-0.05, 0) is 36.4 Å². The van der Waals surface area contributed by atoms with Crippen molar-refractivity contribution in [1.82, 2.24) is 10.3 Å². The largest absolute Gasteiger partial charge is 0.428 e. The minimum absolute atomic E-state index is 0.106. The quantitative estimate of drug-likeness (QED) is 0.591. The number of hydrogen-bond acceptors (Lipinski definition) is 5. The molecule has 0 aliphatic rings. The van der Waals surface area contributed by atoms with Gasteiger partial charge in [0.2, 0.25) is 5.91 Å². The van der Waals surface area contributed by atoms with E-state index < -0.39 is 0 Å². The first kappa shape index (κ1) is 19.9. The summed E-state index contributed by atoms with van der Waals surface area (Å²) in [5, 5.41) is 4.88. The molecule has 2 aromatic carbocycles. The van der Waals surface area contributed by atoms with Gasteiger partial charge in [-0.15, -0.1) is 0 Å². The maximum absolute atomic E-state index is 12.3. The van der Waals surface area contributed by atoms with Crippen molar-refractivity contribution in [2.24, 2.45) is 0 Å². The molecule has 0 unspecified atom stereocenters. The van der Waals surface area contributed by atoms with Crippen molar-refractivity contribution in [2.45, 2.75) is 6.54 Å². The highest BCUT2D eigenvalue weighted by atomic mass is 35.5. The third-order valence-electron chi connectivity index (χ3n) is 4.13. The maximum Gasteiger partial charge on any atom is 0.298 e. The van der Waals surface area contributed by atoms with E-state index in [1.807, 2.05) is 18.2 Å². The Bertz CT molecular complexity index is 1010. The lowest BCUT2D eigenvalue weighted by Crippen LogP contribution is -2.35. The molecule has 0 radical (unpaired) electrons. The van der Waals surface area contributed by atoms with E-state index in [0.29, 0.717) is 45.3 Å². The first-order valence-corrected chi connectivity index (χ1v) is 9.15. The number of ether oxygens (including phenoxy) is 1. The molecular weight excluding hydrogens is 401 g/mol. The molecule has 0 atom stereocenters. The number of carbonyl (C=O) groups excluding carboxylic acids is 2. The Kier molecular flexibility index (Phi) is 6.34. The zero-order valence-electron chi connectivity index (χ0n) is 15.0. The van der Waals surface area contributed by atoms with Crippen molar-refractivity contribution in [3.63, 3.8) is 0 Å². The molecule has 6 nitrogen and oxygen atoms in total. The SMILES string of the molecule is CN(CC(=O)NCc1ccccn1)c1ccc(OC=O)c2cc(Cl)cc(Cl)c12. The van der Waals surface area contributed by atoms with Crippen molar-refractivity contribution >= 4 is 52.0 Å². The van der Waals surface area contributed by atoms with E-state index in [2.05, 4.69) is 10.3 Å². The first-order valence-electron chi connectivity index (χ1n) is 8.39. The van der Waals surface area contributed by atoms with E-state index in [-0.39, 0.29) is 12.5 Å². The van der Waals surface area contributed by atoms with Gasteiger partial charge in [-0.1, -0.05) is 29.3 Å². The van der Waals surface area contributed by atoms with Crippen LogP contribution in [0, 0.1) is 0 Å². The van der Waals surface area contributed by atoms with Gasteiger partial charge in [-0.3, -0.25) is 14.6 Å². The summed E-state index contributed by atoms with van der Waals surface area (Å²) in [4.78, 5) is 29.1. The lowest BCUT2D eigenvalue weighted by molar-refractivity contribution is -0.121. The molecule has 144 valence electrons. The van der Waals surface area contributed by atoms with Crippen LogP contribution in [0.4, 0.5) is 5.69 Å². The van der Waals surface area contributed by atoms with E-state index in [0.717, 1.165) is 5.69 Å². The maximum atomic E-state index is 12.3. The Labute approximate surface area is 172 Å². The number of nitrogens with zero attached hydrogens (tertiary/aromatic N) is 2. The number of fused-ring (bicyclic) bond motifs is 1. The van der Waals surface area contributed by atoms with Crippen LogP contribution in [0.25, 0.3) is 10.8 Å². The van der Waals surface area contributed by atoms with Crippen molar-refractivity contribution in [1.29, 1.82) is 0 Å². The summed E-state index contributed by atoms with van der Waals surface area (Å²) >= 11 is 12.5. The fraction of sp³-hybridized carbons (Fsp3) is 0.150. The average Bonchev–Trinajstić information content (AvgIpc) is 2.67. The van der Waals surface area contributed by atoms with E-state index in [1.165, 1.54) is 0 Å². The van der Waals surface area contributed by atoms with Crippen LogP contribution in [-0.4, -0.2) is 31.0 Å². The molecule has 0 fully saturated rings. The number of halogens is 2. The molecule has 0 saturated carbocycles. The number of hydrogen-bond donors (Lipinski definition) is 1. The zero-order valence-corrected chi connectivity index (χ0v) is 16.5. The molecule has 3 rings (SSSR count). The third-order valence-corrected chi connectivity index (χ3v) is 4.65. The summed E-state index contributed by atoms with van der Waals surface area (Å²) in [7, 11) is 1.78. The van der Waals surface area contributed by atoms with E-state index in [9.17, 15) is 9.59 Å². The fourth-order valence-corrected chi connectivity index (χ4v) is 3.47. The van der Waals surface area contributed by atoms with Crippen LogP contribution in [0.1, 0.15) is 5.69 Å². The number of amides is 1. The zero-order chi connectivity index (χ0) is 20.1. The normalized spacial score (nSPS) is 10.5. The van der Waals surface area contributed by atoms with Crippen LogP contribution in [0.3, 0.4) is 0 Å². The lowest BCUT2D eigenvalue weighted by atomic mass is 10.1. The second-order valence-corrected chi connectivity index (χ2v) is 6.90. The molecule has 1 amide bonds. The number of carbonyl (C=O) groups is 2. The van der Waals surface area contributed by atoms with Gasteiger partial charge in [0.05, 0.1) is 23.8 Å². The molecule has 1 N–H and O–H groups in total. The monoisotopic (exact) mass is 417 g/mol. The van der Waals surface area contributed by atoms with Gasteiger partial charge in [0.25, 0.3) is 6.47 Å². The van der Waals surface area contributed by atoms with E-state index in [1.54, 1.807) is 42.4 Å². The topological polar surface area (TPSA) is 71.5 Å². The van der Waals surface area contributed by atoms with E-state index >= 15 is 0 Å². The molecule has 0 saturated heterocycles. The average molecular weight is 418 g/mol. The molecular formula is C20H17Cl2N3O3. The second kappa shape index (κ2) is 8.91. The highest BCUT2D eigenvalue weighted by molar-refractivity contribution is 6.40. The molecule has 8 heteroatoms. The standard InChI is InChI=1S/C20H17Cl2N3O3/c1-25(11-19(27)24-10-14-4-2-3-7-23-14)17-5-6-18(28-12-26)15-8-13(21)9-16(22)20(15)17/h2-9,12H,10-11H2,1H3,(H,24,27). The Morgan fingerprint density at radius 1 is 1.25 bits per heavy atom. The highest BCUT2D eigenvalue weighted by Gasteiger charge is 2.16. The van der Waals surface area contributed by atoms with Crippen LogP contribution in [0.2, 0.25) is 10.0 Å². The Morgan fingerprint density at radius 3 is 2.79 bits per heavy atom. The van der Waals surface area contributed by atoms with Crippen molar-refractivity contribution < 1.29 is 14.3 Å². The minimum Gasteiger partial charge on any atom is -0.428 e.